The van der Waals surface area contributed by atoms with E-state index >= 15 is 0 Å². The molecule has 0 aliphatic carbocycles. The molecule has 0 aliphatic rings. The van der Waals surface area contributed by atoms with E-state index in [0.29, 0.717) is 12.4 Å². The highest BCUT2D eigenvalue weighted by molar-refractivity contribution is 5.26. The van der Waals surface area contributed by atoms with Crippen LogP contribution >= 0.6 is 0 Å². The van der Waals surface area contributed by atoms with E-state index in [9.17, 15) is 0 Å². The largest absolute Gasteiger partial charge is 0.491 e. The van der Waals surface area contributed by atoms with Gasteiger partial charge in [-0.2, -0.15) is 5.26 Å². The zero-order chi connectivity index (χ0) is 12.5. The lowest BCUT2D eigenvalue weighted by Gasteiger charge is -2.12. The van der Waals surface area contributed by atoms with Gasteiger partial charge in [-0.15, -0.1) is 0 Å². The minimum absolute atomic E-state index is 0.0269. The van der Waals surface area contributed by atoms with Crippen molar-refractivity contribution < 1.29 is 9.84 Å². The number of rotatable bonds is 7. The molecule has 4 nitrogen and oxygen atoms in total. The summed E-state index contributed by atoms with van der Waals surface area (Å²) in [5.74, 6) is 0.709. The van der Waals surface area contributed by atoms with E-state index in [1.165, 1.54) is 0 Å². The van der Waals surface area contributed by atoms with Crippen molar-refractivity contribution in [3.63, 3.8) is 0 Å². The van der Waals surface area contributed by atoms with Gasteiger partial charge < -0.3 is 9.84 Å². The second-order valence-electron chi connectivity index (χ2n) is 3.75. The summed E-state index contributed by atoms with van der Waals surface area (Å²) < 4.78 is 5.49. The maximum atomic E-state index is 8.89. The third-order valence-corrected chi connectivity index (χ3v) is 2.32. The standard InChI is InChI=1S/C13H18N2O2/c1-2-7-15-12(8-14)10-17-13-5-3-11(9-16)4-6-13/h3-6,12,15-16H,2,7,9-10H2,1H3. The predicted molar refractivity (Wildman–Crippen MR) is 65.6 cm³/mol. The molecule has 0 saturated carbocycles. The molecule has 4 heteroatoms. The van der Waals surface area contributed by atoms with Crippen molar-refractivity contribution in [3.8, 4) is 11.8 Å². The summed E-state index contributed by atoms with van der Waals surface area (Å²) in [6.07, 6.45) is 0.989. The van der Waals surface area contributed by atoms with Gasteiger partial charge in [-0.3, -0.25) is 5.32 Å². The van der Waals surface area contributed by atoms with Gasteiger partial charge in [-0.1, -0.05) is 19.1 Å². The average Bonchev–Trinajstić information content (AvgIpc) is 2.39. The van der Waals surface area contributed by atoms with Crippen LogP contribution in [-0.4, -0.2) is 24.3 Å². The molecule has 92 valence electrons. The van der Waals surface area contributed by atoms with Gasteiger partial charge >= 0.3 is 0 Å². The Kier molecular flexibility index (Phi) is 6.08. The molecular weight excluding hydrogens is 216 g/mol. The fourth-order valence-corrected chi connectivity index (χ4v) is 1.33. The van der Waals surface area contributed by atoms with Crippen LogP contribution in [0.1, 0.15) is 18.9 Å². The summed E-state index contributed by atoms with van der Waals surface area (Å²) in [7, 11) is 0. The second kappa shape index (κ2) is 7.66. The first kappa shape index (κ1) is 13.5. The third-order valence-electron chi connectivity index (χ3n) is 2.32. The molecule has 0 fully saturated rings. The van der Waals surface area contributed by atoms with Crippen LogP contribution in [0.3, 0.4) is 0 Å². The molecule has 17 heavy (non-hydrogen) atoms. The van der Waals surface area contributed by atoms with Crippen LogP contribution < -0.4 is 10.1 Å². The first-order valence-electron chi connectivity index (χ1n) is 5.75. The fourth-order valence-electron chi connectivity index (χ4n) is 1.33. The number of hydrogen-bond donors (Lipinski definition) is 2. The second-order valence-corrected chi connectivity index (χ2v) is 3.75. The monoisotopic (exact) mass is 234 g/mol. The number of ether oxygens (including phenoxy) is 1. The van der Waals surface area contributed by atoms with Gasteiger partial charge in [-0.25, -0.2) is 0 Å². The van der Waals surface area contributed by atoms with E-state index in [1.54, 1.807) is 24.3 Å². The van der Waals surface area contributed by atoms with Gasteiger partial charge in [-0.05, 0) is 30.7 Å². The lowest BCUT2D eigenvalue weighted by atomic mass is 10.2. The minimum atomic E-state index is -0.285. The Labute approximate surface area is 102 Å². The minimum Gasteiger partial charge on any atom is -0.491 e. The van der Waals surface area contributed by atoms with Crippen LogP contribution in [0.5, 0.6) is 5.75 Å². The van der Waals surface area contributed by atoms with Crippen molar-refractivity contribution in [1.82, 2.24) is 5.32 Å². The van der Waals surface area contributed by atoms with Crippen molar-refractivity contribution in [2.75, 3.05) is 13.2 Å². The highest BCUT2D eigenvalue weighted by Gasteiger charge is 2.06. The zero-order valence-corrected chi connectivity index (χ0v) is 10.0. The lowest BCUT2D eigenvalue weighted by molar-refractivity contribution is 0.279. The summed E-state index contributed by atoms with van der Waals surface area (Å²) in [6, 6.07) is 9.06. The number of nitrogens with one attached hydrogen (secondary N) is 1. The zero-order valence-electron chi connectivity index (χ0n) is 10.0. The Morgan fingerprint density at radius 3 is 2.65 bits per heavy atom. The third kappa shape index (κ3) is 4.85. The van der Waals surface area contributed by atoms with Crippen LogP contribution in [0, 0.1) is 11.3 Å². The van der Waals surface area contributed by atoms with Crippen LogP contribution in [0.25, 0.3) is 0 Å². The number of aliphatic hydroxyl groups is 1. The first-order chi connectivity index (χ1) is 8.30. The van der Waals surface area contributed by atoms with Crippen molar-refractivity contribution in [2.24, 2.45) is 0 Å². The van der Waals surface area contributed by atoms with Crippen LogP contribution in [0.4, 0.5) is 0 Å². The lowest BCUT2D eigenvalue weighted by Crippen LogP contribution is -2.33. The molecule has 1 aromatic rings. The average molecular weight is 234 g/mol. The summed E-state index contributed by atoms with van der Waals surface area (Å²) in [5, 5.41) is 20.9. The number of hydrogen-bond acceptors (Lipinski definition) is 4. The van der Waals surface area contributed by atoms with Gasteiger partial charge in [0, 0.05) is 0 Å². The SMILES string of the molecule is CCCNC(C#N)COc1ccc(CO)cc1. The molecule has 1 unspecified atom stereocenters. The van der Waals surface area contributed by atoms with Gasteiger partial charge in [0.05, 0.1) is 12.7 Å². The van der Waals surface area contributed by atoms with Gasteiger partial charge in [0.1, 0.15) is 18.4 Å². The molecule has 0 amide bonds. The van der Waals surface area contributed by atoms with Crippen LogP contribution in [-0.2, 0) is 6.61 Å². The smallest absolute Gasteiger partial charge is 0.130 e. The molecule has 0 saturated heterocycles. The Morgan fingerprint density at radius 1 is 1.41 bits per heavy atom. The number of nitriles is 1. The van der Waals surface area contributed by atoms with Crippen molar-refractivity contribution in [2.45, 2.75) is 26.0 Å². The Balaban J connectivity index is 2.40. The summed E-state index contributed by atoms with van der Waals surface area (Å²) in [6.45, 7) is 3.22. The number of aliphatic hydroxyl groups excluding tert-OH is 1. The number of benzene rings is 1. The Hall–Kier alpha value is -1.57. The fraction of sp³-hybridized carbons (Fsp3) is 0.462. The summed E-state index contributed by atoms with van der Waals surface area (Å²) >= 11 is 0. The highest BCUT2D eigenvalue weighted by atomic mass is 16.5. The molecule has 0 radical (unpaired) electrons. The topological polar surface area (TPSA) is 65.3 Å². The van der Waals surface area contributed by atoms with Gasteiger partial charge in [0.2, 0.25) is 0 Å². The molecule has 0 aliphatic heterocycles. The van der Waals surface area contributed by atoms with Gasteiger partial charge in [0.15, 0.2) is 0 Å². The molecule has 0 heterocycles. The summed E-state index contributed by atoms with van der Waals surface area (Å²) in [5.41, 5.74) is 0.846. The number of nitrogens with zero attached hydrogens (tertiary/aromatic N) is 1. The van der Waals surface area contributed by atoms with E-state index in [0.717, 1.165) is 18.5 Å². The van der Waals surface area contributed by atoms with Gasteiger partial charge in [0.25, 0.3) is 0 Å². The predicted octanol–water partition coefficient (Wildman–Crippen LogP) is 1.45. The first-order valence-corrected chi connectivity index (χ1v) is 5.75. The Bertz CT molecular complexity index is 357. The molecule has 1 atom stereocenters. The van der Waals surface area contributed by atoms with Crippen LogP contribution in [0.2, 0.25) is 0 Å². The Morgan fingerprint density at radius 2 is 2.12 bits per heavy atom. The van der Waals surface area contributed by atoms with E-state index in [4.69, 9.17) is 15.1 Å². The van der Waals surface area contributed by atoms with E-state index in [1.807, 2.05) is 0 Å². The molecular formula is C13H18N2O2. The molecule has 2 N–H and O–H groups in total. The molecule has 1 rings (SSSR count). The normalized spacial score (nSPS) is 11.8. The molecule has 1 aromatic carbocycles. The molecule has 0 bridgehead atoms. The van der Waals surface area contributed by atoms with Crippen LogP contribution in [0.15, 0.2) is 24.3 Å². The van der Waals surface area contributed by atoms with Crippen molar-refractivity contribution in [3.05, 3.63) is 29.8 Å². The van der Waals surface area contributed by atoms with E-state index in [2.05, 4.69) is 18.3 Å². The quantitative estimate of drug-likeness (QED) is 0.749. The van der Waals surface area contributed by atoms with E-state index < -0.39 is 0 Å². The maximum absolute atomic E-state index is 8.89. The van der Waals surface area contributed by atoms with E-state index in [-0.39, 0.29) is 12.6 Å². The maximum Gasteiger partial charge on any atom is 0.130 e. The molecule has 0 aromatic heterocycles. The summed E-state index contributed by atoms with van der Waals surface area (Å²) in [4.78, 5) is 0. The van der Waals surface area contributed by atoms with Crippen molar-refractivity contribution in [1.29, 1.82) is 5.26 Å². The van der Waals surface area contributed by atoms with Crippen molar-refractivity contribution >= 4 is 0 Å². The highest BCUT2D eigenvalue weighted by Crippen LogP contribution is 2.12. The molecule has 0 spiro atoms.